The Hall–Kier alpha value is -8.97. The zero-order valence-electron chi connectivity index (χ0n) is 45.3. The molecule has 0 radical (unpaired) electrons. The van der Waals surface area contributed by atoms with Gasteiger partial charge in [-0.2, -0.15) is 0 Å². The van der Waals surface area contributed by atoms with E-state index in [9.17, 15) is 43.2 Å². The van der Waals surface area contributed by atoms with Gasteiger partial charge in [-0.05, 0) is 48.5 Å². The molecule has 4 heterocycles. The van der Waals surface area contributed by atoms with Gasteiger partial charge in [-0.25, -0.2) is 4.79 Å². The van der Waals surface area contributed by atoms with E-state index in [-0.39, 0.29) is 172 Å². The normalized spacial score (nSPS) is 18.0. The summed E-state index contributed by atoms with van der Waals surface area (Å²) >= 11 is 0. The van der Waals surface area contributed by atoms with Crippen LogP contribution in [0.15, 0.2) is 72.8 Å². The average molecular weight is 1110 g/mol. The van der Waals surface area contributed by atoms with Crippen molar-refractivity contribution in [2.24, 2.45) is 0 Å². The highest BCUT2D eigenvalue weighted by atomic mass is 16.5. The third-order valence-corrected chi connectivity index (χ3v) is 13.6. The monoisotopic (exact) mass is 1100 g/mol. The van der Waals surface area contributed by atoms with Crippen LogP contribution < -0.4 is 61.5 Å². The highest BCUT2D eigenvalue weighted by Crippen LogP contribution is 2.27. The lowest BCUT2D eigenvalue weighted by atomic mass is 10.1. The van der Waals surface area contributed by atoms with Crippen molar-refractivity contribution in [1.29, 1.82) is 0 Å². The molecule has 4 aliphatic rings. The van der Waals surface area contributed by atoms with Gasteiger partial charge in [0.1, 0.15) is 23.0 Å². The Morgan fingerprint density at radius 3 is 0.625 bits per heavy atom. The molecule has 10 amide bonds. The lowest BCUT2D eigenvalue weighted by Crippen LogP contribution is -2.51. The molecule has 0 aliphatic carbocycles. The van der Waals surface area contributed by atoms with Crippen molar-refractivity contribution in [1.82, 2.24) is 62.1 Å². The van der Waals surface area contributed by atoms with E-state index in [1.807, 2.05) is 9.80 Å². The van der Waals surface area contributed by atoms with Gasteiger partial charge in [-0.3, -0.25) is 48.2 Å². The number of amides is 10. The quantitative estimate of drug-likeness (QED) is 0.134. The van der Waals surface area contributed by atoms with Crippen LogP contribution in [0.4, 0.5) is 4.79 Å². The Balaban J connectivity index is 1.35. The number of hydrogen-bond acceptors (Lipinski definition) is 15. The molecule has 0 atom stereocenters. The molecule has 4 aliphatic heterocycles. The first kappa shape index (κ1) is 58.7. The minimum Gasteiger partial charge on any atom is -0.495 e. The molecule has 0 aromatic heterocycles. The first-order valence-corrected chi connectivity index (χ1v) is 26.2. The van der Waals surface area contributed by atoms with Gasteiger partial charge < -0.3 is 71.3 Å². The highest BCUT2D eigenvalue weighted by Gasteiger charge is 2.28. The maximum Gasteiger partial charge on any atom is 0.320 e. The number of carbonyl (C=O) groups is 9. The lowest BCUT2D eigenvalue weighted by molar-refractivity contribution is 0.0914. The smallest absolute Gasteiger partial charge is 0.320 e. The highest BCUT2D eigenvalue weighted by molar-refractivity contribution is 6.07. The molecule has 25 nitrogen and oxygen atoms in total. The number of fused-ring (bicyclic) bond motifs is 15. The Labute approximate surface area is 462 Å². The molecule has 0 saturated carbocycles. The number of methoxy groups -OCH3 is 4. The first-order chi connectivity index (χ1) is 38.8. The van der Waals surface area contributed by atoms with Crippen molar-refractivity contribution in [2.45, 2.75) is 0 Å². The van der Waals surface area contributed by atoms with E-state index in [1.54, 1.807) is 24.3 Å². The minimum absolute atomic E-state index is 0.0111. The molecule has 0 fully saturated rings. The second-order valence-corrected chi connectivity index (χ2v) is 18.5. The van der Waals surface area contributed by atoms with Crippen LogP contribution in [0.2, 0.25) is 0 Å². The van der Waals surface area contributed by atoms with Crippen molar-refractivity contribution in [2.75, 3.05) is 146 Å². The third kappa shape index (κ3) is 14.6. The lowest BCUT2D eigenvalue weighted by Gasteiger charge is -2.31. The maximum absolute atomic E-state index is 15.0. The van der Waals surface area contributed by atoms with E-state index in [0.29, 0.717) is 13.1 Å². The van der Waals surface area contributed by atoms with Gasteiger partial charge in [0.25, 0.3) is 47.3 Å². The fourth-order valence-corrected chi connectivity index (χ4v) is 9.51. The number of carbonyl (C=O) groups excluding carboxylic acids is 9. The summed E-state index contributed by atoms with van der Waals surface area (Å²) in [7, 11) is 5.36. The summed E-state index contributed by atoms with van der Waals surface area (Å²) in [5.41, 5.74) is 0.535. The fourth-order valence-electron chi connectivity index (χ4n) is 9.51. The van der Waals surface area contributed by atoms with E-state index in [0.717, 1.165) is 0 Å². The van der Waals surface area contributed by atoms with E-state index in [1.165, 1.54) is 86.8 Å². The topological polar surface area (TPSA) is 300 Å². The molecule has 426 valence electrons. The minimum atomic E-state index is -0.638. The van der Waals surface area contributed by atoms with Crippen LogP contribution in [-0.2, 0) is 0 Å². The molecule has 4 aromatic rings. The number of benzene rings is 4. The van der Waals surface area contributed by atoms with Gasteiger partial charge in [-0.1, -0.05) is 24.3 Å². The second kappa shape index (κ2) is 28.6. The number of para-hydroxylation sites is 4. The summed E-state index contributed by atoms with van der Waals surface area (Å²) in [4.78, 5) is 133. The molecule has 80 heavy (non-hydrogen) atoms. The average Bonchev–Trinajstić information content (AvgIpc) is 3.48. The van der Waals surface area contributed by atoms with Gasteiger partial charge in [-0.15, -0.1) is 0 Å². The number of ether oxygens (including phenoxy) is 4. The van der Waals surface area contributed by atoms with Crippen molar-refractivity contribution < 1.29 is 62.1 Å². The van der Waals surface area contributed by atoms with Crippen LogP contribution in [-0.4, -0.2) is 219 Å². The van der Waals surface area contributed by atoms with Gasteiger partial charge in [0.05, 0.1) is 72.9 Å². The molecular formula is C55H68N12O13. The van der Waals surface area contributed by atoms with Gasteiger partial charge in [0.15, 0.2) is 0 Å². The molecule has 4 aromatic carbocycles. The number of hydrogen-bond donors (Lipinski definition) is 8. The number of urea groups is 1. The standard InChI is InChI=1S/C55H68N12O13/c1-77-43-35-9-5-13-39(43)51(72)60-21-29-66-30-22-61-52(73)40-14-6-10-36(44(40)78-2)48(69)57-18-26-64(25-17-56-47(35)68)33-34-65-27-19-58-49(70)37-11-7-15-41(45(37)79-3)53(74)62-23-31-67(55(66)76)32-24-63-54(75)42-16-8-12-38(46(42)80-4)50(71)59-20-28-65/h5-16H,17-34H2,1-4H3,(H,56,68)(H,57,69)(H,58,70)(H,59,71)(H,60,72)(H,61,73)(H,62,74)(H,63,75). The van der Waals surface area contributed by atoms with Crippen molar-refractivity contribution in [3.05, 3.63) is 117 Å². The molecule has 8 N–H and O–H groups in total. The van der Waals surface area contributed by atoms with E-state index in [2.05, 4.69) is 42.5 Å². The molecule has 12 bridgehead atoms. The summed E-state index contributed by atoms with van der Waals surface area (Å²) in [5, 5.41) is 23.0. The Bertz CT molecular complexity index is 2580. The predicted octanol–water partition coefficient (Wildman–Crippen LogP) is 0.0288. The SMILES string of the molecule is COc1c2cccc1C(=O)NCCN1CCNC(=O)c3cccc(c3OC)C(=O)NCCN(CCNC2=O)CCN2CCNC(=O)c3cccc(c3OC)C(=O)NCCN(CCNC(=O)c3cccc(c3OC)C(=O)NCC2)C1=O. The summed E-state index contributed by atoms with van der Waals surface area (Å²) in [6, 6.07) is 17.6. The molecular weight excluding hydrogens is 1040 g/mol. The Morgan fingerprint density at radius 2 is 0.450 bits per heavy atom. The van der Waals surface area contributed by atoms with E-state index >= 15 is 0 Å². The van der Waals surface area contributed by atoms with Gasteiger partial charge >= 0.3 is 6.03 Å². The first-order valence-electron chi connectivity index (χ1n) is 26.2. The second-order valence-electron chi connectivity index (χ2n) is 18.5. The molecule has 0 saturated heterocycles. The van der Waals surface area contributed by atoms with E-state index < -0.39 is 53.3 Å². The summed E-state index contributed by atoms with van der Waals surface area (Å²) < 4.78 is 22.7. The van der Waals surface area contributed by atoms with Crippen molar-refractivity contribution in [3.8, 4) is 23.0 Å². The van der Waals surface area contributed by atoms with Crippen molar-refractivity contribution >= 4 is 53.3 Å². The molecule has 25 heteroatoms. The largest absolute Gasteiger partial charge is 0.495 e. The number of nitrogens with zero attached hydrogens (tertiary/aromatic N) is 4. The van der Waals surface area contributed by atoms with E-state index in [4.69, 9.17) is 18.9 Å². The number of rotatable bonds is 4. The summed E-state index contributed by atoms with van der Waals surface area (Å²) in [6.07, 6.45) is 0. The van der Waals surface area contributed by atoms with Crippen LogP contribution in [0, 0.1) is 0 Å². The summed E-state index contributed by atoms with van der Waals surface area (Å²) in [6.45, 7) is 0.898. The predicted molar refractivity (Wildman–Crippen MR) is 292 cm³/mol. The van der Waals surface area contributed by atoms with Crippen LogP contribution in [0.5, 0.6) is 23.0 Å². The fraction of sp³-hybridized carbons (Fsp3) is 0.400. The van der Waals surface area contributed by atoms with Crippen LogP contribution in [0.25, 0.3) is 0 Å². The zero-order chi connectivity index (χ0) is 57.1. The Kier molecular flexibility index (Phi) is 21.0. The number of nitrogens with one attached hydrogen (secondary N) is 8. The Morgan fingerprint density at radius 1 is 0.275 bits per heavy atom. The molecule has 8 rings (SSSR count). The van der Waals surface area contributed by atoms with Gasteiger partial charge in [0, 0.05) is 118 Å². The van der Waals surface area contributed by atoms with Crippen LogP contribution >= 0.6 is 0 Å². The van der Waals surface area contributed by atoms with Crippen LogP contribution in [0.1, 0.15) is 82.9 Å². The maximum atomic E-state index is 15.0. The molecule has 0 spiro atoms. The van der Waals surface area contributed by atoms with Gasteiger partial charge in [0.2, 0.25) is 0 Å². The third-order valence-electron chi connectivity index (χ3n) is 13.6. The van der Waals surface area contributed by atoms with Crippen LogP contribution in [0.3, 0.4) is 0 Å². The summed E-state index contributed by atoms with van der Waals surface area (Å²) in [5.74, 6) is -4.50. The zero-order valence-corrected chi connectivity index (χ0v) is 45.3. The van der Waals surface area contributed by atoms with Crippen molar-refractivity contribution in [3.63, 3.8) is 0 Å². The molecule has 0 unspecified atom stereocenters.